The Morgan fingerprint density at radius 3 is 2.53 bits per heavy atom. The van der Waals surface area contributed by atoms with E-state index >= 15 is 0 Å². The van der Waals surface area contributed by atoms with E-state index < -0.39 is 0 Å². The molecule has 6 heteroatoms. The summed E-state index contributed by atoms with van der Waals surface area (Å²) in [5.41, 5.74) is 4.86. The van der Waals surface area contributed by atoms with E-state index in [1.807, 2.05) is 60.0 Å². The number of imidazole rings is 1. The number of aromatic nitrogens is 3. The highest BCUT2D eigenvalue weighted by atomic mass is 16.5. The number of fused-ring (bicyclic) bond motifs is 3. The summed E-state index contributed by atoms with van der Waals surface area (Å²) in [5, 5.41) is 4.64. The second kappa shape index (κ2) is 7.91. The normalized spacial score (nSPS) is 11.4. The number of para-hydroxylation sites is 2. The zero-order valence-corrected chi connectivity index (χ0v) is 17.3. The topological polar surface area (TPSA) is 57.8 Å². The highest BCUT2D eigenvalue weighted by Gasteiger charge is 2.21. The third-order valence-electron chi connectivity index (χ3n) is 5.09. The predicted octanol–water partition coefficient (Wildman–Crippen LogP) is 4.70. The summed E-state index contributed by atoms with van der Waals surface area (Å²) in [4.78, 5) is 13.2. The number of carbonyl (C=O) groups excluding carboxylic acids is 1. The molecule has 0 amide bonds. The average molecular weight is 401 g/mol. The molecule has 6 nitrogen and oxygen atoms in total. The van der Waals surface area contributed by atoms with Crippen LogP contribution in [0.2, 0.25) is 0 Å². The molecule has 0 bridgehead atoms. The van der Waals surface area contributed by atoms with Gasteiger partial charge in [-0.1, -0.05) is 30.4 Å². The second-order valence-corrected chi connectivity index (χ2v) is 6.90. The van der Waals surface area contributed by atoms with Gasteiger partial charge < -0.3 is 14.0 Å². The highest BCUT2D eigenvalue weighted by Crippen LogP contribution is 2.29. The first-order valence-electron chi connectivity index (χ1n) is 9.61. The van der Waals surface area contributed by atoms with E-state index in [1.165, 1.54) is 0 Å². The lowest BCUT2D eigenvalue weighted by molar-refractivity contribution is 0.104. The number of aryl methyl sites for hydroxylation is 1. The molecule has 0 saturated carbocycles. The molecule has 0 N–H and O–H groups in total. The van der Waals surface area contributed by atoms with Gasteiger partial charge in [-0.15, -0.1) is 6.58 Å². The first kappa shape index (κ1) is 19.5. The van der Waals surface area contributed by atoms with Crippen molar-refractivity contribution in [3.05, 3.63) is 78.0 Å². The summed E-state index contributed by atoms with van der Waals surface area (Å²) in [7, 11) is 3.18. The Labute approximate surface area is 174 Å². The molecule has 2 aromatic carbocycles. The third-order valence-corrected chi connectivity index (χ3v) is 5.09. The van der Waals surface area contributed by atoms with Crippen LogP contribution in [0.15, 0.2) is 61.2 Å². The molecule has 0 aliphatic heterocycles. The van der Waals surface area contributed by atoms with E-state index in [0.29, 0.717) is 29.3 Å². The Morgan fingerprint density at radius 2 is 1.83 bits per heavy atom. The van der Waals surface area contributed by atoms with Crippen LogP contribution in [0.3, 0.4) is 0 Å². The minimum atomic E-state index is -0.106. The van der Waals surface area contributed by atoms with Gasteiger partial charge in [-0.3, -0.25) is 4.79 Å². The molecular formula is C24H23N3O3. The van der Waals surface area contributed by atoms with E-state index in [1.54, 1.807) is 26.4 Å². The highest BCUT2D eigenvalue weighted by molar-refractivity contribution is 6.12. The number of nitrogens with zero attached hydrogens (tertiary/aromatic N) is 3. The number of hydrogen-bond acceptors (Lipinski definition) is 4. The SMILES string of the molecule is C=CCn1c2ccccc2n2nc(C)c(C(=O)C=Cc3ccc(OC)c(OC)c3)c12. The molecule has 0 atom stereocenters. The van der Waals surface area contributed by atoms with Crippen LogP contribution in [0, 0.1) is 6.92 Å². The Hall–Kier alpha value is -3.80. The third kappa shape index (κ3) is 3.16. The molecule has 2 aromatic heterocycles. The number of benzene rings is 2. The van der Waals surface area contributed by atoms with Crippen LogP contribution < -0.4 is 9.47 Å². The van der Waals surface area contributed by atoms with Crippen molar-refractivity contribution in [2.75, 3.05) is 14.2 Å². The first-order chi connectivity index (χ1) is 14.6. The minimum absolute atomic E-state index is 0.106. The monoisotopic (exact) mass is 401 g/mol. The van der Waals surface area contributed by atoms with Crippen LogP contribution >= 0.6 is 0 Å². The van der Waals surface area contributed by atoms with Crippen LogP contribution in [0.25, 0.3) is 22.8 Å². The van der Waals surface area contributed by atoms with E-state index in [9.17, 15) is 4.79 Å². The summed E-state index contributed by atoms with van der Waals surface area (Å²) in [6.07, 6.45) is 5.16. The van der Waals surface area contributed by atoms with Crippen LogP contribution in [0.4, 0.5) is 0 Å². The maximum Gasteiger partial charge on any atom is 0.191 e. The van der Waals surface area contributed by atoms with E-state index in [4.69, 9.17) is 9.47 Å². The smallest absolute Gasteiger partial charge is 0.191 e. The van der Waals surface area contributed by atoms with Crippen LogP contribution in [0.1, 0.15) is 21.6 Å². The molecule has 2 heterocycles. The van der Waals surface area contributed by atoms with Gasteiger partial charge in [-0.2, -0.15) is 5.10 Å². The largest absolute Gasteiger partial charge is 0.493 e. The molecule has 0 aliphatic rings. The lowest BCUT2D eigenvalue weighted by Gasteiger charge is -2.07. The number of hydrogen-bond donors (Lipinski definition) is 0. The quantitative estimate of drug-likeness (QED) is 0.256. The van der Waals surface area contributed by atoms with Crippen molar-refractivity contribution >= 4 is 28.5 Å². The van der Waals surface area contributed by atoms with Gasteiger partial charge in [0.1, 0.15) is 5.65 Å². The van der Waals surface area contributed by atoms with Gasteiger partial charge in [-0.25, -0.2) is 4.52 Å². The Bertz CT molecular complexity index is 1290. The number of methoxy groups -OCH3 is 2. The van der Waals surface area contributed by atoms with Crippen molar-refractivity contribution in [1.82, 2.24) is 14.2 Å². The van der Waals surface area contributed by atoms with Gasteiger partial charge in [0.15, 0.2) is 17.3 Å². The number of ketones is 1. The van der Waals surface area contributed by atoms with Gasteiger partial charge in [0.05, 0.1) is 36.5 Å². The summed E-state index contributed by atoms with van der Waals surface area (Å²) >= 11 is 0. The summed E-state index contributed by atoms with van der Waals surface area (Å²) < 4.78 is 14.5. The van der Waals surface area contributed by atoms with Crippen LogP contribution in [0.5, 0.6) is 11.5 Å². The molecule has 0 saturated heterocycles. The molecule has 152 valence electrons. The molecule has 0 radical (unpaired) electrons. The van der Waals surface area contributed by atoms with Crippen molar-refractivity contribution in [1.29, 1.82) is 0 Å². The van der Waals surface area contributed by atoms with Gasteiger partial charge in [0, 0.05) is 6.54 Å². The molecule has 0 fully saturated rings. The molecule has 0 unspecified atom stereocenters. The Kier molecular flexibility index (Phi) is 5.14. The number of ether oxygens (including phenoxy) is 2. The fourth-order valence-corrected chi connectivity index (χ4v) is 3.73. The predicted molar refractivity (Wildman–Crippen MR) is 119 cm³/mol. The van der Waals surface area contributed by atoms with Crippen LogP contribution in [-0.4, -0.2) is 34.2 Å². The number of allylic oxidation sites excluding steroid dienone is 2. The van der Waals surface area contributed by atoms with Crippen LogP contribution in [-0.2, 0) is 6.54 Å². The Balaban J connectivity index is 1.79. The zero-order valence-electron chi connectivity index (χ0n) is 17.3. The molecule has 0 aliphatic carbocycles. The lowest BCUT2D eigenvalue weighted by Crippen LogP contribution is -2.02. The maximum atomic E-state index is 13.2. The fourth-order valence-electron chi connectivity index (χ4n) is 3.73. The maximum absolute atomic E-state index is 13.2. The zero-order chi connectivity index (χ0) is 21.3. The summed E-state index contributed by atoms with van der Waals surface area (Å²) in [5.74, 6) is 1.15. The minimum Gasteiger partial charge on any atom is -0.493 e. The van der Waals surface area contributed by atoms with Crippen molar-refractivity contribution < 1.29 is 14.3 Å². The van der Waals surface area contributed by atoms with Gasteiger partial charge in [-0.05, 0) is 42.8 Å². The first-order valence-corrected chi connectivity index (χ1v) is 9.61. The standard InChI is InChI=1S/C24H23N3O3/c1-5-14-26-18-8-6-7-9-19(18)27-24(26)23(16(2)25-27)20(28)12-10-17-11-13-21(29-3)22(15-17)30-4/h5-13,15H,1,14H2,2-4H3. The van der Waals surface area contributed by atoms with E-state index in [-0.39, 0.29) is 5.78 Å². The van der Waals surface area contributed by atoms with E-state index in [0.717, 1.165) is 22.2 Å². The second-order valence-electron chi connectivity index (χ2n) is 6.90. The summed E-state index contributed by atoms with van der Waals surface area (Å²) in [6, 6.07) is 13.5. The van der Waals surface area contributed by atoms with Crippen molar-refractivity contribution in [2.24, 2.45) is 0 Å². The molecular weight excluding hydrogens is 378 g/mol. The van der Waals surface area contributed by atoms with Gasteiger partial charge in [0.25, 0.3) is 0 Å². The molecule has 0 spiro atoms. The average Bonchev–Trinajstić information content (AvgIpc) is 3.25. The van der Waals surface area contributed by atoms with Crippen molar-refractivity contribution in [3.63, 3.8) is 0 Å². The molecule has 4 aromatic rings. The Morgan fingerprint density at radius 1 is 1.10 bits per heavy atom. The fraction of sp³-hybridized carbons (Fsp3) is 0.167. The van der Waals surface area contributed by atoms with Crippen molar-refractivity contribution in [2.45, 2.75) is 13.5 Å². The van der Waals surface area contributed by atoms with Gasteiger partial charge in [0.2, 0.25) is 0 Å². The van der Waals surface area contributed by atoms with Gasteiger partial charge >= 0.3 is 0 Å². The van der Waals surface area contributed by atoms with Crippen molar-refractivity contribution in [3.8, 4) is 11.5 Å². The lowest BCUT2D eigenvalue weighted by atomic mass is 10.1. The molecule has 4 rings (SSSR count). The number of rotatable bonds is 7. The number of carbonyl (C=O) groups is 1. The molecule has 30 heavy (non-hydrogen) atoms. The van der Waals surface area contributed by atoms with E-state index in [2.05, 4.69) is 16.2 Å². The summed E-state index contributed by atoms with van der Waals surface area (Å²) in [6.45, 7) is 6.31.